The fourth-order valence-electron chi connectivity index (χ4n) is 1.27. The molecule has 74 valence electrons. The van der Waals surface area contributed by atoms with Gasteiger partial charge in [0.15, 0.2) is 0 Å². The van der Waals surface area contributed by atoms with E-state index in [1.165, 1.54) is 12.8 Å². The van der Waals surface area contributed by atoms with Gasteiger partial charge < -0.3 is 5.73 Å². The molecule has 0 saturated heterocycles. The number of halogens is 1. The summed E-state index contributed by atoms with van der Waals surface area (Å²) in [5.74, 6) is 1.25. The molecule has 2 N–H and O–H groups in total. The highest BCUT2D eigenvalue weighted by atomic mass is 35.5. The van der Waals surface area contributed by atoms with Crippen molar-refractivity contribution in [1.82, 2.24) is 0 Å². The molecule has 0 amide bonds. The van der Waals surface area contributed by atoms with E-state index in [1.807, 2.05) is 25.1 Å². The van der Waals surface area contributed by atoms with Crippen molar-refractivity contribution in [3.05, 3.63) is 28.8 Å². The van der Waals surface area contributed by atoms with Gasteiger partial charge in [0.1, 0.15) is 5.84 Å². The summed E-state index contributed by atoms with van der Waals surface area (Å²) in [5, 5.41) is 0.745. The van der Waals surface area contributed by atoms with Crippen LogP contribution in [0.5, 0.6) is 0 Å². The van der Waals surface area contributed by atoms with Crippen LogP contribution >= 0.6 is 11.6 Å². The Morgan fingerprint density at radius 3 is 2.79 bits per heavy atom. The zero-order valence-electron chi connectivity index (χ0n) is 8.13. The quantitative estimate of drug-likeness (QED) is 0.589. The molecule has 2 rings (SSSR count). The van der Waals surface area contributed by atoms with Gasteiger partial charge in [0.25, 0.3) is 0 Å². The van der Waals surface area contributed by atoms with Crippen LogP contribution in [0.2, 0.25) is 5.02 Å². The third-order valence-corrected chi connectivity index (χ3v) is 2.82. The van der Waals surface area contributed by atoms with Crippen molar-refractivity contribution in [3.8, 4) is 0 Å². The van der Waals surface area contributed by atoms with Gasteiger partial charge in [-0.2, -0.15) is 0 Å². The Hall–Kier alpha value is -1.02. The van der Waals surface area contributed by atoms with Crippen LogP contribution < -0.4 is 5.73 Å². The van der Waals surface area contributed by atoms with Gasteiger partial charge in [0, 0.05) is 10.9 Å². The average molecular weight is 209 g/mol. The zero-order chi connectivity index (χ0) is 10.1. The number of amidine groups is 1. The molecule has 14 heavy (non-hydrogen) atoms. The topological polar surface area (TPSA) is 38.4 Å². The Balaban J connectivity index is 2.24. The van der Waals surface area contributed by atoms with Crippen LogP contribution in [0.4, 0.5) is 5.69 Å². The van der Waals surface area contributed by atoms with Crippen LogP contribution in [-0.2, 0) is 0 Å². The summed E-state index contributed by atoms with van der Waals surface area (Å²) >= 11 is 5.98. The molecule has 0 heterocycles. The van der Waals surface area contributed by atoms with E-state index >= 15 is 0 Å². The van der Waals surface area contributed by atoms with Crippen molar-refractivity contribution in [3.63, 3.8) is 0 Å². The highest BCUT2D eigenvalue weighted by Crippen LogP contribution is 2.30. The normalized spacial score (nSPS) is 17.1. The largest absolute Gasteiger partial charge is 0.387 e. The Morgan fingerprint density at radius 2 is 2.21 bits per heavy atom. The molecule has 1 aliphatic rings. The first-order valence-electron chi connectivity index (χ1n) is 4.77. The van der Waals surface area contributed by atoms with Gasteiger partial charge in [0.05, 0.1) is 5.69 Å². The van der Waals surface area contributed by atoms with Gasteiger partial charge in [-0.1, -0.05) is 17.7 Å². The summed E-state index contributed by atoms with van der Waals surface area (Å²) in [6.07, 6.45) is 2.35. The van der Waals surface area contributed by atoms with Crippen molar-refractivity contribution in [2.24, 2.45) is 16.6 Å². The maximum absolute atomic E-state index is 5.98. The Bertz CT molecular complexity index is 381. The number of hydrogen-bond donors (Lipinski definition) is 1. The van der Waals surface area contributed by atoms with Crippen LogP contribution in [0.3, 0.4) is 0 Å². The highest BCUT2D eigenvalue weighted by Gasteiger charge is 2.25. The van der Waals surface area contributed by atoms with E-state index < -0.39 is 0 Å². The predicted octanol–water partition coefficient (Wildman–Crippen LogP) is 3.05. The van der Waals surface area contributed by atoms with Crippen molar-refractivity contribution in [2.75, 3.05) is 0 Å². The van der Waals surface area contributed by atoms with Gasteiger partial charge in [-0.15, -0.1) is 0 Å². The lowest BCUT2D eigenvalue weighted by Crippen LogP contribution is -2.12. The lowest BCUT2D eigenvalue weighted by Gasteiger charge is -2.00. The molecule has 0 spiro atoms. The summed E-state index contributed by atoms with van der Waals surface area (Å²) in [6.45, 7) is 1.97. The molecular formula is C11H13ClN2. The average Bonchev–Trinajstić information content (AvgIpc) is 2.94. The minimum atomic E-state index is 0.509. The molecule has 3 heteroatoms. The zero-order valence-corrected chi connectivity index (χ0v) is 8.88. The van der Waals surface area contributed by atoms with Gasteiger partial charge in [-0.25, -0.2) is 4.99 Å². The SMILES string of the molecule is Cc1ccc(N=C(N)C2CC2)cc1Cl. The standard InChI is InChI=1S/C11H13ClN2/c1-7-2-5-9(6-10(7)12)14-11(13)8-3-4-8/h2,5-6,8H,3-4H2,1H3,(H2,13,14). The number of aliphatic imine (C=N–C) groups is 1. The van der Waals surface area contributed by atoms with Crippen LogP contribution in [0, 0.1) is 12.8 Å². The minimum Gasteiger partial charge on any atom is -0.387 e. The van der Waals surface area contributed by atoms with E-state index in [2.05, 4.69) is 4.99 Å². The van der Waals surface area contributed by atoms with Crippen molar-refractivity contribution >= 4 is 23.1 Å². The second-order valence-corrected chi connectivity index (χ2v) is 4.15. The smallest absolute Gasteiger partial charge is 0.103 e. The molecule has 0 unspecified atom stereocenters. The number of nitrogens with two attached hydrogens (primary N) is 1. The molecule has 1 fully saturated rings. The molecule has 0 aliphatic heterocycles. The molecule has 0 aromatic heterocycles. The van der Waals surface area contributed by atoms with Crippen LogP contribution in [-0.4, -0.2) is 5.84 Å². The molecular weight excluding hydrogens is 196 g/mol. The number of nitrogens with zero attached hydrogens (tertiary/aromatic N) is 1. The number of rotatable bonds is 2. The van der Waals surface area contributed by atoms with E-state index in [4.69, 9.17) is 17.3 Å². The Labute approximate surface area is 88.8 Å². The lowest BCUT2D eigenvalue weighted by molar-refractivity contribution is 1.15. The van der Waals surface area contributed by atoms with E-state index in [0.29, 0.717) is 5.92 Å². The lowest BCUT2D eigenvalue weighted by atomic mass is 10.2. The predicted molar refractivity (Wildman–Crippen MR) is 60.2 cm³/mol. The minimum absolute atomic E-state index is 0.509. The second kappa shape index (κ2) is 3.62. The van der Waals surface area contributed by atoms with Crippen LogP contribution in [0.25, 0.3) is 0 Å². The van der Waals surface area contributed by atoms with Gasteiger partial charge in [0.2, 0.25) is 0 Å². The fraction of sp³-hybridized carbons (Fsp3) is 0.364. The monoisotopic (exact) mass is 208 g/mol. The van der Waals surface area contributed by atoms with Gasteiger partial charge >= 0.3 is 0 Å². The van der Waals surface area contributed by atoms with Gasteiger partial charge in [-0.3, -0.25) is 0 Å². The van der Waals surface area contributed by atoms with Crippen molar-refractivity contribution in [2.45, 2.75) is 19.8 Å². The Morgan fingerprint density at radius 1 is 1.50 bits per heavy atom. The third-order valence-electron chi connectivity index (χ3n) is 2.41. The van der Waals surface area contributed by atoms with Crippen molar-refractivity contribution < 1.29 is 0 Å². The number of aryl methyl sites for hydroxylation is 1. The summed E-state index contributed by atoms with van der Waals surface area (Å²) in [4.78, 5) is 4.33. The molecule has 1 aromatic rings. The first-order chi connectivity index (χ1) is 6.66. The molecule has 0 bridgehead atoms. The number of benzene rings is 1. The van der Waals surface area contributed by atoms with E-state index in [0.717, 1.165) is 22.1 Å². The first-order valence-corrected chi connectivity index (χ1v) is 5.15. The highest BCUT2D eigenvalue weighted by molar-refractivity contribution is 6.31. The number of hydrogen-bond acceptors (Lipinski definition) is 1. The summed E-state index contributed by atoms with van der Waals surface area (Å²) in [7, 11) is 0. The molecule has 0 radical (unpaired) electrons. The molecule has 2 nitrogen and oxygen atoms in total. The van der Waals surface area contributed by atoms with Crippen LogP contribution in [0.1, 0.15) is 18.4 Å². The maximum Gasteiger partial charge on any atom is 0.103 e. The molecule has 1 aromatic carbocycles. The Kier molecular flexibility index (Phi) is 2.46. The van der Waals surface area contributed by atoms with Gasteiger partial charge in [-0.05, 0) is 37.5 Å². The second-order valence-electron chi connectivity index (χ2n) is 3.74. The summed E-state index contributed by atoms with van der Waals surface area (Å²) in [6, 6.07) is 5.75. The van der Waals surface area contributed by atoms with Crippen molar-refractivity contribution in [1.29, 1.82) is 0 Å². The molecule has 1 aliphatic carbocycles. The van der Waals surface area contributed by atoms with E-state index in [1.54, 1.807) is 0 Å². The summed E-state index contributed by atoms with van der Waals surface area (Å²) < 4.78 is 0. The molecule has 1 saturated carbocycles. The van der Waals surface area contributed by atoms with E-state index in [9.17, 15) is 0 Å². The fourth-order valence-corrected chi connectivity index (χ4v) is 1.45. The first kappa shape index (κ1) is 9.53. The maximum atomic E-state index is 5.98. The van der Waals surface area contributed by atoms with E-state index in [-0.39, 0.29) is 0 Å². The third kappa shape index (κ3) is 2.07. The molecule has 0 atom stereocenters. The van der Waals surface area contributed by atoms with Crippen LogP contribution in [0.15, 0.2) is 23.2 Å². The summed E-state index contributed by atoms with van der Waals surface area (Å²) in [5.41, 5.74) is 7.72.